The molecule has 2 rings (SSSR count). The van der Waals surface area contributed by atoms with Gasteiger partial charge in [0.2, 0.25) is 0 Å². The molecule has 0 amide bonds. The van der Waals surface area contributed by atoms with Crippen molar-refractivity contribution >= 4 is 33.2 Å². The third-order valence-electron chi connectivity index (χ3n) is 2.26. The number of esters is 1. The van der Waals surface area contributed by atoms with Crippen LogP contribution in [0.5, 0.6) is 0 Å². The monoisotopic (exact) mass is 326 g/mol. The van der Waals surface area contributed by atoms with Crippen molar-refractivity contribution in [3.05, 3.63) is 33.5 Å². The number of thiophene rings is 1. The highest BCUT2D eigenvalue weighted by atomic mass is 79.9. The molecule has 0 aliphatic heterocycles. The Morgan fingerprint density at radius 1 is 1.44 bits per heavy atom. The zero-order valence-corrected chi connectivity index (χ0v) is 12.3. The predicted molar refractivity (Wildman–Crippen MR) is 73.5 cm³/mol. The Morgan fingerprint density at radius 2 is 2.22 bits per heavy atom. The van der Waals surface area contributed by atoms with E-state index in [9.17, 15) is 4.79 Å². The maximum atomic E-state index is 11.2. The summed E-state index contributed by atoms with van der Waals surface area (Å²) in [5, 5.41) is 0. The van der Waals surface area contributed by atoms with Crippen LogP contribution in [-0.4, -0.2) is 23.0 Å². The summed E-state index contributed by atoms with van der Waals surface area (Å²) in [7, 11) is 1.36. The number of carbonyl (C=O) groups is 1. The molecule has 0 radical (unpaired) electrons. The first-order chi connectivity index (χ1) is 8.58. The second-order valence-corrected chi connectivity index (χ2v) is 6.13. The van der Waals surface area contributed by atoms with Crippen LogP contribution in [0.3, 0.4) is 0 Å². The normalized spacial score (nSPS) is 10.4. The van der Waals surface area contributed by atoms with Crippen LogP contribution >= 0.6 is 27.3 Å². The van der Waals surface area contributed by atoms with Crippen LogP contribution in [0.25, 0.3) is 10.6 Å². The van der Waals surface area contributed by atoms with Crippen LogP contribution in [0, 0.1) is 6.92 Å². The Kier molecular flexibility index (Phi) is 4.08. The molecule has 2 heterocycles. The van der Waals surface area contributed by atoms with Crippen LogP contribution in [0.2, 0.25) is 0 Å². The molecule has 0 unspecified atom stereocenters. The zero-order chi connectivity index (χ0) is 13.1. The molecule has 2 aromatic heterocycles. The Hall–Kier alpha value is -1.27. The van der Waals surface area contributed by atoms with Gasteiger partial charge in [0, 0.05) is 5.69 Å². The lowest BCUT2D eigenvalue weighted by Gasteiger charge is -2.03. The summed E-state index contributed by atoms with van der Waals surface area (Å²) in [6.45, 7) is 1.88. The summed E-state index contributed by atoms with van der Waals surface area (Å²) >= 11 is 5.01. The molecule has 0 atom stereocenters. The van der Waals surface area contributed by atoms with Crippen molar-refractivity contribution in [1.29, 1.82) is 0 Å². The molecule has 0 fully saturated rings. The number of halogens is 1. The molecule has 94 valence electrons. The lowest BCUT2D eigenvalue weighted by atomic mass is 10.2. The molecule has 0 spiro atoms. The van der Waals surface area contributed by atoms with Gasteiger partial charge in [0.05, 0.1) is 21.5 Å². The quantitative estimate of drug-likeness (QED) is 0.813. The average Bonchev–Trinajstić information content (AvgIpc) is 2.75. The number of aromatic nitrogens is 2. The van der Waals surface area contributed by atoms with E-state index >= 15 is 0 Å². The second kappa shape index (κ2) is 5.58. The molecule has 0 N–H and O–H groups in total. The molecule has 0 aliphatic carbocycles. The number of methoxy groups -OCH3 is 1. The molecule has 0 saturated heterocycles. The van der Waals surface area contributed by atoms with Gasteiger partial charge < -0.3 is 4.74 Å². The van der Waals surface area contributed by atoms with E-state index in [0.717, 1.165) is 20.1 Å². The predicted octanol–water partition coefficient (Wildman–Crippen LogP) is 2.99. The first kappa shape index (κ1) is 13.2. The number of hydrogen-bond acceptors (Lipinski definition) is 5. The SMILES string of the molecule is COC(=O)Cc1nc(C)cc(-c2ccc(Br)s2)n1. The summed E-state index contributed by atoms with van der Waals surface area (Å²) in [6, 6.07) is 5.86. The number of ether oxygens (including phenoxy) is 1. The van der Waals surface area contributed by atoms with Gasteiger partial charge in [-0.1, -0.05) is 0 Å². The standard InChI is InChI=1S/C12H11BrN2O2S/c1-7-5-8(9-3-4-10(13)18-9)15-11(14-7)6-12(16)17-2/h3-5H,6H2,1-2H3. The van der Waals surface area contributed by atoms with E-state index in [1.807, 2.05) is 25.1 Å². The number of carbonyl (C=O) groups excluding carboxylic acids is 1. The first-order valence-corrected chi connectivity index (χ1v) is 6.86. The molecule has 2 aromatic rings. The van der Waals surface area contributed by atoms with Gasteiger partial charge in [0.15, 0.2) is 0 Å². The van der Waals surface area contributed by atoms with Crippen molar-refractivity contribution in [3.8, 4) is 10.6 Å². The maximum Gasteiger partial charge on any atom is 0.313 e. The number of hydrogen-bond donors (Lipinski definition) is 0. The smallest absolute Gasteiger partial charge is 0.313 e. The van der Waals surface area contributed by atoms with Crippen molar-refractivity contribution in [1.82, 2.24) is 9.97 Å². The van der Waals surface area contributed by atoms with Crippen LogP contribution in [0.15, 0.2) is 22.0 Å². The Labute approximate surface area is 117 Å². The fourth-order valence-corrected chi connectivity index (χ4v) is 2.84. The average molecular weight is 327 g/mol. The van der Waals surface area contributed by atoms with E-state index in [1.54, 1.807) is 11.3 Å². The molecule has 0 saturated carbocycles. The summed E-state index contributed by atoms with van der Waals surface area (Å²) in [5.74, 6) is 0.153. The van der Waals surface area contributed by atoms with Crippen LogP contribution in [-0.2, 0) is 16.0 Å². The Balaban J connectivity index is 2.34. The van der Waals surface area contributed by atoms with Gasteiger partial charge in [-0.25, -0.2) is 9.97 Å². The first-order valence-electron chi connectivity index (χ1n) is 5.25. The highest BCUT2D eigenvalue weighted by Crippen LogP contribution is 2.30. The van der Waals surface area contributed by atoms with E-state index in [1.165, 1.54) is 7.11 Å². The van der Waals surface area contributed by atoms with Crippen molar-refractivity contribution in [2.24, 2.45) is 0 Å². The van der Waals surface area contributed by atoms with Gasteiger partial charge in [0.25, 0.3) is 0 Å². The molecule has 0 bridgehead atoms. The molecule has 4 nitrogen and oxygen atoms in total. The fourth-order valence-electron chi connectivity index (χ4n) is 1.49. The van der Waals surface area contributed by atoms with Crippen molar-refractivity contribution in [3.63, 3.8) is 0 Å². The summed E-state index contributed by atoms with van der Waals surface area (Å²) in [5.41, 5.74) is 1.67. The molecule has 18 heavy (non-hydrogen) atoms. The van der Waals surface area contributed by atoms with E-state index in [-0.39, 0.29) is 12.4 Å². The summed E-state index contributed by atoms with van der Waals surface area (Å²) < 4.78 is 5.66. The van der Waals surface area contributed by atoms with Crippen LogP contribution < -0.4 is 0 Å². The number of aryl methyl sites for hydroxylation is 1. The minimum atomic E-state index is -0.334. The molecular weight excluding hydrogens is 316 g/mol. The maximum absolute atomic E-state index is 11.2. The van der Waals surface area contributed by atoms with Crippen LogP contribution in [0.1, 0.15) is 11.5 Å². The van der Waals surface area contributed by atoms with E-state index in [0.29, 0.717) is 5.82 Å². The second-order valence-electron chi connectivity index (χ2n) is 3.67. The Morgan fingerprint density at radius 3 is 2.83 bits per heavy atom. The highest BCUT2D eigenvalue weighted by molar-refractivity contribution is 9.11. The lowest BCUT2D eigenvalue weighted by Crippen LogP contribution is -2.09. The van der Waals surface area contributed by atoms with Crippen molar-refractivity contribution < 1.29 is 9.53 Å². The van der Waals surface area contributed by atoms with Gasteiger partial charge >= 0.3 is 5.97 Å². The van der Waals surface area contributed by atoms with E-state index in [2.05, 4.69) is 30.6 Å². The topological polar surface area (TPSA) is 52.1 Å². The zero-order valence-electron chi connectivity index (χ0n) is 9.94. The lowest BCUT2D eigenvalue weighted by molar-refractivity contribution is -0.139. The Bertz CT molecular complexity index is 583. The minimum Gasteiger partial charge on any atom is -0.469 e. The largest absolute Gasteiger partial charge is 0.469 e. The van der Waals surface area contributed by atoms with Gasteiger partial charge in [-0.05, 0) is 41.1 Å². The summed E-state index contributed by atoms with van der Waals surface area (Å²) in [6.07, 6.45) is 0.0950. The number of rotatable bonds is 3. The van der Waals surface area contributed by atoms with Crippen molar-refractivity contribution in [2.45, 2.75) is 13.3 Å². The highest BCUT2D eigenvalue weighted by Gasteiger charge is 2.10. The van der Waals surface area contributed by atoms with Crippen LogP contribution in [0.4, 0.5) is 0 Å². The van der Waals surface area contributed by atoms with Gasteiger partial charge in [0.1, 0.15) is 12.2 Å². The van der Waals surface area contributed by atoms with Gasteiger partial charge in [-0.15, -0.1) is 11.3 Å². The fraction of sp³-hybridized carbons (Fsp3) is 0.250. The number of nitrogens with zero attached hydrogens (tertiary/aromatic N) is 2. The van der Waals surface area contributed by atoms with Gasteiger partial charge in [-0.3, -0.25) is 4.79 Å². The molecule has 0 aliphatic rings. The third-order valence-corrected chi connectivity index (χ3v) is 3.90. The molecular formula is C12H11BrN2O2S. The molecule has 6 heteroatoms. The van der Waals surface area contributed by atoms with E-state index in [4.69, 9.17) is 0 Å². The van der Waals surface area contributed by atoms with Crippen molar-refractivity contribution in [2.75, 3.05) is 7.11 Å². The summed E-state index contributed by atoms with van der Waals surface area (Å²) in [4.78, 5) is 20.9. The van der Waals surface area contributed by atoms with Gasteiger partial charge in [-0.2, -0.15) is 0 Å². The molecule has 0 aromatic carbocycles. The van der Waals surface area contributed by atoms with E-state index < -0.39 is 0 Å². The third kappa shape index (κ3) is 3.14. The minimum absolute atomic E-state index is 0.0950.